The predicted octanol–water partition coefficient (Wildman–Crippen LogP) is 3.88. The number of aromatic nitrogens is 1. The van der Waals surface area contributed by atoms with Crippen molar-refractivity contribution >= 4 is 17.6 Å². The summed E-state index contributed by atoms with van der Waals surface area (Å²) in [6.07, 6.45) is -2.95. The summed E-state index contributed by atoms with van der Waals surface area (Å²) in [6.45, 7) is -0.411. The second-order valence-electron chi connectivity index (χ2n) is 4.46. The number of rotatable bonds is 5. The van der Waals surface area contributed by atoms with E-state index < -0.39 is 24.3 Å². The van der Waals surface area contributed by atoms with Crippen LogP contribution in [0.4, 0.5) is 13.2 Å². The van der Waals surface area contributed by atoms with Gasteiger partial charge in [0.15, 0.2) is 6.61 Å². The van der Waals surface area contributed by atoms with E-state index in [0.717, 1.165) is 24.3 Å². The summed E-state index contributed by atoms with van der Waals surface area (Å²) in [5.74, 6) is -0.511. The van der Waals surface area contributed by atoms with E-state index in [1.807, 2.05) is 0 Å². The number of halogens is 4. The van der Waals surface area contributed by atoms with Crippen molar-refractivity contribution in [3.8, 4) is 5.75 Å². The molecule has 122 valence electrons. The molecule has 0 N–H and O–H groups in total. The van der Waals surface area contributed by atoms with Crippen molar-refractivity contribution in [2.24, 2.45) is 0 Å². The van der Waals surface area contributed by atoms with E-state index in [4.69, 9.17) is 21.1 Å². The number of carbonyl (C=O) groups excluding carboxylic acids is 1. The van der Waals surface area contributed by atoms with Crippen LogP contribution in [-0.2, 0) is 22.3 Å². The van der Waals surface area contributed by atoms with Gasteiger partial charge in [-0.05, 0) is 30.3 Å². The molecular weight excluding hydrogens is 335 g/mol. The maximum atomic E-state index is 12.4. The van der Waals surface area contributed by atoms with Crippen LogP contribution in [0.2, 0.25) is 5.15 Å². The fourth-order valence-corrected chi connectivity index (χ4v) is 1.69. The van der Waals surface area contributed by atoms with Crippen molar-refractivity contribution < 1.29 is 27.4 Å². The van der Waals surface area contributed by atoms with E-state index in [-0.39, 0.29) is 12.4 Å². The highest BCUT2D eigenvalue weighted by Crippen LogP contribution is 2.30. The lowest BCUT2D eigenvalue weighted by molar-refractivity contribution is -0.147. The van der Waals surface area contributed by atoms with Crippen LogP contribution >= 0.6 is 11.6 Å². The highest BCUT2D eigenvalue weighted by molar-refractivity contribution is 6.29. The Morgan fingerprint density at radius 2 is 1.83 bits per heavy atom. The molecule has 1 aromatic heterocycles. The third-order valence-corrected chi connectivity index (χ3v) is 2.95. The lowest BCUT2D eigenvalue weighted by atomic mass is 10.2. The Labute approximate surface area is 134 Å². The highest BCUT2D eigenvalue weighted by Gasteiger charge is 2.30. The molecule has 0 aliphatic heterocycles. The van der Waals surface area contributed by atoms with Crippen LogP contribution < -0.4 is 4.74 Å². The van der Waals surface area contributed by atoms with E-state index in [0.29, 0.717) is 10.7 Å². The molecule has 4 nitrogen and oxygen atoms in total. The summed E-state index contributed by atoms with van der Waals surface area (Å²) in [5, 5.41) is 0.325. The smallest absolute Gasteiger partial charge is 0.416 e. The second-order valence-corrected chi connectivity index (χ2v) is 4.85. The summed E-state index contributed by atoms with van der Waals surface area (Å²) in [7, 11) is 0. The molecule has 0 unspecified atom stereocenters. The maximum absolute atomic E-state index is 12.4. The number of carbonyl (C=O) groups is 1. The molecule has 0 aliphatic rings. The summed E-state index contributed by atoms with van der Waals surface area (Å²) in [4.78, 5) is 15.3. The van der Waals surface area contributed by atoms with Crippen molar-refractivity contribution in [2.75, 3.05) is 6.61 Å². The Bertz CT molecular complexity index is 657. The normalized spacial score (nSPS) is 11.1. The number of benzene rings is 1. The van der Waals surface area contributed by atoms with Crippen molar-refractivity contribution in [2.45, 2.75) is 12.8 Å². The van der Waals surface area contributed by atoms with Gasteiger partial charge in [-0.1, -0.05) is 17.7 Å². The minimum absolute atomic E-state index is 0.000621. The van der Waals surface area contributed by atoms with Gasteiger partial charge in [0.2, 0.25) is 0 Å². The zero-order chi connectivity index (χ0) is 16.9. The molecule has 1 aromatic carbocycles. The Morgan fingerprint density at radius 1 is 1.13 bits per heavy atom. The Kier molecular flexibility index (Phi) is 5.44. The van der Waals surface area contributed by atoms with E-state index in [1.165, 1.54) is 6.20 Å². The number of ether oxygens (including phenoxy) is 2. The van der Waals surface area contributed by atoms with E-state index >= 15 is 0 Å². The largest absolute Gasteiger partial charge is 0.482 e. The number of hydrogen-bond donors (Lipinski definition) is 0. The number of alkyl halides is 3. The van der Waals surface area contributed by atoms with Gasteiger partial charge < -0.3 is 9.47 Å². The van der Waals surface area contributed by atoms with Gasteiger partial charge in [0.1, 0.15) is 17.5 Å². The summed E-state index contributed by atoms with van der Waals surface area (Å²) < 4.78 is 47.2. The van der Waals surface area contributed by atoms with Crippen LogP contribution in [0.25, 0.3) is 0 Å². The summed E-state index contributed by atoms with van der Waals surface area (Å²) >= 11 is 5.62. The summed E-state index contributed by atoms with van der Waals surface area (Å²) in [6, 6.07) is 7.24. The second kappa shape index (κ2) is 7.32. The highest BCUT2D eigenvalue weighted by atomic mass is 35.5. The van der Waals surface area contributed by atoms with Gasteiger partial charge in [0, 0.05) is 11.8 Å². The molecule has 0 saturated carbocycles. The van der Waals surface area contributed by atoms with Gasteiger partial charge in [-0.15, -0.1) is 0 Å². The molecule has 0 fully saturated rings. The molecule has 1 heterocycles. The quantitative estimate of drug-likeness (QED) is 0.609. The van der Waals surface area contributed by atoms with Gasteiger partial charge in [-0.2, -0.15) is 13.2 Å². The average Bonchev–Trinajstić information content (AvgIpc) is 2.52. The van der Waals surface area contributed by atoms with Gasteiger partial charge in [0.05, 0.1) is 5.56 Å². The minimum Gasteiger partial charge on any atom is -0.482 e. The number of hydrogen-bond acceptors (Lipinski definition) is 4. The molecule has 0 atom stereocenters. The van der Waals surface area contributed by atoms with Gasteiger partial charge in [0.25, 0.3) is 0 Å². The first-order valence-corrected chi connectivity index (χ1v) is 6.78. The van der Waals surface area contributed by atoms with Crippen molar-refractivity contribution in [1.82, 2.24) is 4.98 Å². The number of pyridine rings is 1. The summed E-state index contributed by atoms with van der Waals surface area (Å²) in [5.41, 5.74) is -0.139. The molecular formula is C15H11ClF3NO3. The van der Waals surface area contributed by atoms with Gasteiger partial charge in [-0.25, -0.2) is 9.78 Å². The van der Waals surface area contributed by atoms with Crippen LogP contribution in [0.5, 0.6) is 5.75 Å². The topological polar surface area (TPSA) is 48.4 Å². The third-order valence-electron chi connectivity index (χ3n) is 2.73. The molecule has 0 bridgehead atoms. The van der Waals surface area contributed by atoms with Crippen LogP contribution in [0.3, 0.4) is 0 Å². The average molecular weight is 346 g/mol. The lowest BCUT2D eigenvalue weighted by Gasteiger charge is -2.09. The number of esters is 1. The maximum Gasteiger partial charge on any atom is 0.416 e. The standard InChI is InChI=1S/C15H11ClF3NO3/c16-13-6-1-10(7-20-13)8-23-14(21)9-22-12-4-2-11(3-5-12)15(17,18)19/h1-7H,8-9H2. The van der Waals surface area contributed by atoms with Crippen molar-refractivity contribution in [3.05, 3.63) is 58.9 Å². The SMILES string of the molecule is O=C(COc1ccc(C(F)(F)F)cc1)OCc1ccc(Cl)nc1. The van der Waals surface area contributed by atoms with Crippen LogP contribution in [0.1, 0.15) is 11.1 Å². The van der Waals surface area contributed by atoms with Crippen LogP contribution in [0.15, 0.2) is 42.6 Å². The zero-order valence-corrected chi connectivity index (χ0v) is 12.4. The van der Waals surface area contributed by atoms with E-state index in [2.05, 4.69) is 4.98 Å². The molecule has 0 amide bonds. The van der Waals surface area contributed by atoms with Crippen LogP contribution in [0, 0.1) is 0 Å². The zero-order valence-electron chi connectivity index (χ0n) is 11.6. The lowest BCUT2D eigenvalue weighted by Crippen LogP contribution is -2.15. The van der Waals surface area contributed by atoms with Gasteiger partial charge >= 0.3 is 12.1 Å². The Balaban J connectivity index is 1.79. The monoisotopic (exact) mass is 345 g/mol. The molecule has 0 aliphatic carbocycles. The fourth-order valence-electron chi connectivity index (χ4n) is 1.58. The molecule has 0 radical (unpaired) electrons. The first kappa shape index (κ1) is 17.1. The Morgan fingerprint density at radius 3 is 2.39 bits per heavy atom. The van der Waals surface area contributed by atoms with Crippen molar-refractivity contribution in [3.63, 3.8) is 0 Å². The van der Waals surface area contributed by atoms with E-state index in [1.54, 1.807) is 12.1 Å². The Hall–Kier alpha value is -2.28. The molecule has 2 aromatic rings. The molecule has 0 spiro atoms. The fraction of sp³-hybridized carbons (Fsp3) is 0.200. The van der Waals surface area contributed by atoms with Gasteiger partial charge in [-0.3, -0.25) is 0 Å². The minimum atomic E-state index is -4.41. The first-order chi connectivity index (χ1) is 10.8. The first-order valence-electron chi connectivity index (χ1n) is 6.41. The molecule has 8 heteroatoms. The van der Waals surface area contributed by atoms with Crippen molar-refractivity contribution in [1.29, 1.82) is 0 Å². The third kappa shape index (κ3) is 5.45. The molecule has 2 rings (SSSR count). The van der Waals surface area contributed by atoms with E-state index in [9.17, 15) is 18.0 Å². The van der Waals surface area contributed by atoms with Crippen LogP contribution in [-0.4, -0.2) is 17.6 Å². The predicted molar refractivity (Wildman–Crippen MR) is 76.0 cm³/mol. The molecule has 23 heavy (non-hydrogen) atoms. The number of nitrogens with zero attached hydrogens (tertiary/aromatic N) is 1. The molecule has 0 saturated heterocycles.